The number of unbranched alkanes of at least 4 members (excludes halogenated alkanes) is 1. The largest absolute Gasteiger partial charge is 0.395 e. The van der Waals surface area contributed by atoms with Crippen molar-refractivity contribution in [2.45, 2.75) is 26.3 Å². The van der Waals surface area contributed by atoms with Crippen molar-refractivity contribution in [2.75, 3.05) is 19.7 Å². The maximum atomic E-state index is 9.13. The molecule has 2 aromatic rings. The Kier molecular flexibility index (Phi) is 5.77. The zero-order valence-electron chi connectivity index (χ0n) is 12.0. The molecule has 0 fully saturated rings. The van der Waals surface area contributed by atoms with E-state index < -0.39 is 0 Å². The summed E-state index contributed by atoms with van der Waals surface area (Å²) in [5.41, 5.74) is 3.19. The van der Waals surface area contributed by atoms with Crippen LogP contribution in [0.3, 0.4) is 0 Å². The molecule has 20 heavy (non-hydrogen) atoms. The minimum atomic E-state index is 0.198. The highest BCUT2D eigenvalue weighted by atomic mass is 16.3. The number of benzene rings is 1. The molecule has 2 N–H and O–H groups in total. The highest BCUT2D eigenvalue weighted by Crippen LogP contribution is 2.17. The first-order chi connectivity index (χ1) is 9.83. The number of aromatic amines is 1. The van der Waals surface area contributed by atoms with Gasteiger partial charge in [0.2, 0.25) is 0 Å². The lowest BCUT2D eigenvalue weighted by Crippen LogP contribution is -2.27. The molecule has 0 unspecified atom stereocenters. The standard InChI is InChI=1S/C16H23N3O/c1-2-3-9-19(10-11-20)13-15-12-16(18-17-15)14-7-5-4-6-8-14/h4-8,12,20H,2-3,9-11,13H2,1H3,(H,17,18). The highest BCUT2D eigenvalue weighted by molar-refractivity contribution is 5.58. The lowest BCUT2D eigenvalue weighted by Gasteiger charge is -2.19. The molecule has 4 nitrogen and oxygen atoms in total. The van der Waals surface area contributed by atoms with Gasteiger partial charge in [0.05, 0.1) is 12.3 Å². The number of aliphatic hydroxyl groups excluding tert-OH is 1. The minimum Gasteiger partial charge on any atom is -0.395 e. The quantitative estimate of drug-likeness (QED) is 0.777. The van der Waals surface area contributed by atoms with Crippen molar-refractivity contribution in [2.24, 2.45) is 0 Å². The number of rotatable bonds is 8. The fourth-order valence-corrected chi connectivity index (χ4v) is 2.23. The van der Waals surface area contributed by atoms with Crippen LogP contribution in [-0.2, 0) is 6.54 Å². The molecule has 0 amide bonds. The first-order valence-corrected chi connectivity index (χ1v) is 7.26. The van der Waals surface area contributed by atoms with Crippen molar-refractivity contribution in [3.8, 4) is 11.3 Å². The van der Waals surface area contributed by atoms with Gasteiger partial charge in [0, 0.05) is 24.3 Å². The van der Waals surface area contributed by atoms with E-state index in [0.29, 0.717) is 6.54 Å². The summed E-state index contributed by atoms with van der Waals surface area (Å²) in [6.45, 7) is 4.90. The van der Waals surface area contributed by atoms with E-state index in [9.17, 15) is 0 Å². The van der Waals surface area contributed by atoms with E-state index in [1.165, 1.54) is 6.42 Å². The summed E-state index contributed by atoms with van der Waals surface area (Å²) in [6.07, 6.45) is 2.32. The Balaban J connectivity index is 2.00. The Labute approximate surface area is 120 Å². The van der Waals surface area contributed by atoms with Gasteiger partial charge in [0.15, 0.2) is 0 Å². The molecular weight excluding hydrogens is 250 g/mol. The lowest BCUT2D eigenvalue weighted by molar-refractivity contribution is 0.187. The van der Waals surface area contributed by atoms with Crippen molar-refractivity contribution in [1.82, 2.24) is 15.1 Å². The predicted octanol–water partition coefficient (Wildman–Crippen LogP) is 2.67. The zero-order chi connectivity index (χ0) is 14.2. The Morgan fingerprint density at radius 1 is 1.20 bits per heavy atom. The van der Waals surface area contributed by atoms with Gasteiger partial charge in [-0.05, 0) is 19.0 Å². The second kappa shape index (κ2) is 7.82. The Hall–Kier alpha value is -1.65. The molecule has 0 saturated heterocycles. The van der Waals surface area contributed by atoms with Gasteiger partial charge in [0.25, 0.3) is 0 Å². The number of aliphatic hydroxyl groups is 1. The van der Waals surface area contributed by atoms with Crippen LogP contribution in [0.1, 0.15) is 25.5 Å². The van der Waals surface area contributed by atoms with Crippen LogP contribution in [0.5, 0.6) is 0 Å². The van der Waals surface area contributed by atoms with Gasteiger partial charge in [-0.15, -0.1) is 0 Å². The molecule has 0 atom stereocenters. The van der Waals surface area contributed by atoms with Crippen LogP contribution >= 0.6 is 0 Å². The van der Waals surface area contributed by atoms with Gasteiger partial charge >= 0.3 is 0 Å². The predicted molar refractivity (Wildman–Crippen MR) is 81.3 cm³/mol. The van der Waals surface area contributed by atoms with Crippen LogP contribution in [-0.4, -0.2) is 39.9 Å². The first-order valence-electron chi connectivity index (χ1n) is 7.26. The van der Waals surface area contributed by atoms with Gasteiger partial charge in [-0.2, -0.15) is 5.10 Å². The Morgan fingerprint density at radius 2 is 2.00 bits per heavy atom. The summed E-state index contributed by atoms with van der Waals surface area (Å²) in [5, 5.41) is 16.6. The average molecular weight is 273 g/mol. The van der Waals surface area contributed by atoms with Crippen LogP contribution in [0.2, 0.25) is 0 Å². The smallest absolute Gasteiger partial charge is 0.0924 e. The summed E-state index contributed by atoms with van der Waals surface area (Å²) in [6, 6.07) is 12.2. The van der Waals surface area contributed by atoms with E-state index in [1.807, 2.05) is 18.2 Å². The van der Waals surface area contributed by atoms with Crippen LogP contribution in [0.15, 0.2) is 36.4 Å². The highest BCUT2D eigenvalue weighted by Gasteiger charge is 2.08. The molecule has 0 aliphatic heterocycles. The van der Waals surface area contributed by atoms with Gasteiger partial charge in [-0.25, -0.2) is 0 Å². The molecule has 1 aromatic heterocycles. The summed E-state index contributed by atoms with van der Waals surface area (Å²) in [4.78, 5) is 2.26. The summed E-state index contributed by atoms with van der Waals surface area (Å²) < 4.78 is 0. The topological polar surface area (TPSA) is 52.1 Å². The fraction of sp³-hybridized carbons (Fsp3) is 0.438. The third kappa shape index (κ3) is 4.18. The molecule has 2 rings (SSSR count). The fourth-order valence-electron chi connectivity index (χ4n) is 2.23. The zero-order valence-corrected chi connectivity index (χ0v) is 12.0. The molecule has 0 spiro atoms. The lowest BCUT2D eigenvalue weighted by atomic mass is 10.1. The number of nitrogens with zero attached hydrogens (tertiary/aromatic N) is 2. The molecule has 0 aliphatic carbocycles. The van der Waals surface area contributed by atoms with Gasteiger partial charge in [-0.3, -0.25) is 10.00 Å². The molecule has 4 heteroatoms. The van der Waals surface area contributed by atoms with E-state index in [1.54, 1.807) is 0 Å². The van der Waals surface area contributed by atoms with Crippen LogP contribution in [0.4, 0.5) is 0 Å². The second-order valence-electron chi connectivity index (χ2n) is 5.00. The van der Waals surface area contributed by atoms with Crippen molar-refractivity contribution >= 4 is 0 Å². The van der Waals surface area contributed by atoms with Crippen molar-refractivity contribution in [3.63, 3.8) is 0 Å². The first kappa shape index (κ1) is 14.8. The molecule has 1 heterocycles. The van der Waals surface area contributed by atoms with Gasteiger partial charge in [0.1, 0.15) is 0 Å². The molecule has 108 valence electrons. The molecule has 0 aliphatic rings. The normalized spacial score (nSPS) is 11.2. The Morgan fingerprint density at radius 3 is 2.70 bits per heavy atom. The van der Waals surface area contributed by atoms with Crippen molar-refractivity contribution in [1.29, 1.82) is 0 Å². The summed E-state index contributed by atoms with van der Waals surface area (Å²) in [7, 11) is 0. The second-order valence-corrected chi connectivity index (χ2v) is 5.00. The van der Waals surface area contributed by atoms with E-state index in [4.69, 9.17) is 5.11 Å². The molecule has 0 saturated carbocycles. The number of H-pyrrole nitrogens is 1. The SMILES string of the molecule is CCCCN(CCO)Cc1cc(-c2ccccc2)n[nH]1. The monoisotopic (exact) mass is 273 g/mol. The molecule has 1 aromatic carbocycles. The third-order valence-electron chi connectivity index (χ3n) is 3.34. The maximum Gasteiger partial charge on any atom is 0.0924 e. The van der Waals surface area contributed by atoms with E-state index in [-0.39, 0.29) is 6.61 Å². The third-order valence-corrected chi connectivity index (χ3v) is 3.34. The van der Waals surface area contributed by atoms with Gasteiger partial charge in [-0.1, -0.05) is 43.7 Å². The maximum absolute atomic E-state index is 9.13. The Bertz CT molecular complexity index is 495. The average Bonchev–Trinajstić information content (AvgIpc) is 2.94. The number of nitrogens with one attached hydrogen (secondary N) is 1. The molecule has 0 radical (unpaired) electrons. The minimum absolute atomic E-state index is 0.198. The number of hydrogen-bond donors (Lipinski definition) is 2. The number of hydrogen-bond acceptors (Lipinski definition) is 3. The van der Waals surface area contributed by atoms with E-state index in [2.05, 4.69) is 40.2 Å². The van der Waals surface area contributed by atoms with E-state index >= 15 is 0 Å². The van der Waals surface area contributed by atoms with Gasteiger partial charge < -0.3 is 5.11 Å². The number of aromatic nitrogens is 2. The van der Waals surface area contributed by atoms with Crippen molar-refractivity contribution in [3.05, 3.63) is 42.1 Å². The van der Waals surface area contributed by atoms with Crippen molar-refractivity contribution < 1.29 is 5.11 Å². The summed E-state index contributed by atoms with van der Waals surface area (Å²) in [5.74, 6) is 0. The molecule has 0 bridgehead atoms. The van der Waals surface area contributed by atoms with Crippen LogP contribution in [0.25, 0.3) is 11.3 Å². The van der Waals surface area contributed by atoms with Crippen LogP contribution < -0.4 is 0 Å². The molecular formula is C16H23N3O. The van der Waals surface area contributed by atoms with E-state index in [0.717, 1.165) is 36.5 Å². The van der Waals surface area contributed by atoms with Crippen LogP contribution in [0, 0.1) is 0 Å². The summed E-state index contributed by atoms with van der Waals surface area (Å²) >= 11 is 0.